The highest BCUT2D eigenvalue weighted by molar-refractivity contribution is 7.10. The molecule has 1 aromatic heterocycles. The van der Waals surface area contributed by atoms with Crippen LogP contribution in [0.3, 0.4) is 0 Å². The molecule has 78 valence electrons. The fourth-order valence-electron chi connectivity index (χ4n) is 2.40. The SMILES string of the molecule is NCC1CCCC1Cc1sccc1Cl. The van der Waals surface area contributed by atoms with Crippen molar-refractivity contribution in [1.29, 1.82) is 0 Å². The highest BCUT2D eigenvalue weighted by Gasteiger charge is 2.26. The van der Waals surface area contributed by atoms with E-state index in [2.05, 4.69) is 5.38 Å². The molecule has 1 aromatic rings. The molecule has 3 heteroatoms. The van der Waals surface area contributed by atoms with Gasteiger partial charge in [0.2, 0.25) is 0 Å². The van der Waals surface area contributed by atoms with Crippen LogP contribution in [0.5, 0.6) is 0 Å². The summed E-state index contributed by atoms with van der Waals surface area (Å²) in [6, 6.07) is 1.99. The van der Waals surface area contributed by atoms with Gasteiger partial charge in [0, 0.05) is 4.88 Å². The van der Waals surface area contributed by atoms with Crippen LogP contribution in [-0.4, -0.2) is 6.54 Å². The molecule has 0 radical (unpaired) electrons. The summed E-state index contributed by atoms with van der Waals surface area (Å²) in [5, 5.41) is 3.02. The lowest BCUT2D eigenvalue weighted by atomic mass is 9.92. The van der Waals surface area contributed by atoms with E-state index in [-0.39, 0.29) is 0 Å². The molecule has 2 rings (SSSR count). The molecule has 0 saturated heterocycles. The maximum atomic E-state index is 6.09. The van der Waals surface area contributed by atoms with Gasteiger partial charge in [0.1, 0.15) is 0 Å². The van der Waals surface area contributed by atoms with E-state index in [1.165, 1.54) is 24.1 Å². The molecule has 2 N–H and O–H groups in total. The third-order valence-electron chi connectivity index (χ3n) is 3.26. The number of nitrogens with two attached hydrogens (primary N) is 1. The van der Waals surface area contributed by atoms with Crippen LogP contribution in [0, 0.1) is 11.8 Å². The lowest BCUT2D eigenvalue weighted by molar-refractivity contribution is 0.396. The fourth-order valence-corrected chi connectivity index (χ4v) is 3.61. The van der Waals surface area contributed by atoms with Crippen LogP contribution < -0.4 is 5.73 Å². The third kappa shape index (κ3) is 2.13. The van der Waals surface area contributed by atoms with Crippen molar-refractivity contribution >= 4 is 22.9 Å². The van der Waals surface area contributed by atoms with Crippen molar-refractivity contribution in [1.82, 2.24) is 0 Å². The quantitative estimate of drug-likeness (QED) is 0.846. The lowest BCUT2D eigenvalue weighted by Crippen LogP contribution is -2.19. The second-order valence-electron chi connectivity index (χ2n) is 4.08. The molecule has 1 heterocycles. The molecule has 1 nitrogen and oxygen atoms in total. The van der Waals surface area contributed by atoms with Gasteiger partial charge in [-0.25, -0.2) is 0 Å². The molecular weight excluding hydrogens is 214 g/mol. The van der Waals surface area contributed by atoms with Crippen LogP contribution in [0.25, 0.3) is 0 Å². The molecule has 0 amide bonds. The second-order valence-corrected chi connectivity index (χ2v) is 5.49. The Labute approximate surface area is 94.3 Å². The summed E-state index contributed by atoms with van der Waals surface area (Å²) >= 11 is 7.86. The number of thiophene rings is 1. The average Bonchev–Trinajstić information content (AvgIpc) is 2.77. The maximum Gasteiger partial charge on any atom is 0.0545 e. The van der Waals surface area contributed by atoms with Crippen molar-refractivity contribution in [3.8, 4) is 0 Å². The predicted molar refractivity (Wildman–Crippen MR) is 62.9 cm³/mol. The van der Waals surface area contributed by atoms with Gasteiger partial charge in [0.25, 0.3) is 0 Å². The first-order valence-electron chi connectivity index (χ1n) is 5.23. The molecule has 0 aromatic carbocycles. The summed E-state index contributed by atoms with van der Waals surface area (Å²) in [5.41, 5.74) is 5.76. The number of hydrogen-bond donors (Lipinski definition) is 1. The number of halogens is 1. The van der Waals surface area contributed by atoms with E-state index in [0.717, 1.165) is 29.8 Å². The van der Waals surface area contributed by atoms with Crippen LogP contribution >= 0.6 is 22.9 Å². The smallest absolute Gasteiger partial charge is 0.0545 e. The van der Waals surface area contributed by atoms with Gasteiger partial charge >= 0.3 is 0 Å². The van der Waals surface area contributed by atoms with Crippen molar-refractivity contribution in [2.75, 3.05) is 6.54 Å². The summed E-state index contributed by atoms with van der Waals surface area (Å²) in [6.45, 7) is 0.841. The highest BCUT2D eigenvalue weighted by Crippen LogP contribution is 2.36. The zero-order valence-electron chi connectivity index (χ0n) is 8.21. The molecule has 0 aliphatic heterocycles. The Kier molecular flexibility index (Phi) is 3.47. The van der Waals surface area contributed by atoms with Gasteiger partial charge in [-0.15, -0.1) is 11.3 Å². The van der Waals surface area contributed by atoms with Crippen LogP contribution in [-0.2, 0) is 6.42 Å². The summed E-state index contributed by atoms with van der Waals surface area (Å²) in [7, 11) is 0. The molecule has 0 bridgehead atoms. The minimum atomic E-state index is 0.730. The Bertz CT molecular complexity index is 297. The van der Waals surface area contributed by atoms with E-state index in [0.29, 0.717) is 0 Å². The van der Waals surface area contributed by atoms with Gasteiger partial charge in [-0.05, 0) is 49.1 Å². The van der Waals surface area contributed by atoms with Gasteiger partial charge in [0.05, 0.1) is 5.02 Å². The van der Waals surface area contributed by atoms with E-state index < -0.39 is 0 Å². The monoisotopic (exact) mass is 229 g/mol. The van der Waals surface area contributed by atoms with Crippen molar-refractivity contribution in [2.24, 2.45) is 17.6 Å². The lowest BCUT2D eigenvalue weighted by Gasteiger charge is -2.16. The molecule has 0 spiro atoms. The molecular formula is C11H16ClNS. The van der Waals surface area contributed by atoms with E-state index in [4.69, 9.17) is 17.3 Å². The van der Waals surface area contributed by atoms with Gasteiger partial charge in [-0.1, -0.05) is 18.0 Å². The topological polar surface area (TPSA) is 26.0 Å². The van der Waals surface area contributed by atoms with Crippen molar-refractivity contribution in [2.45, 2.75) is 25.7 Å². The van der Waals surface area contributed by atoms with Crippen LogP contribution in [0.15, 0.2) is 11.4 Å². The maximum absolute atomic E-state index is 6.09. The Balaban J connectivity index is 2.00. The number of rotatable bonds is 3. The Hall–Kier alpha value is -0.0500. The predicted octanol–water partition coefficient (Wildman–Crippen LogP) is 3.32. The molecule has 2 atom stereocenters. The highest BCUT2D eigenvalue weighted by atomic mass is 35.5. The second kappa shape index (κ2) is 4.65. The fraction of sp³-hybridized carbons (Fsp3) is 0.636. The summed E-state index contributed by atoms with van der Waals surface area (Å²) in [5.74, 6) is 1.50. The molecule has 1 saturated carbocycles. The van der Waals surface area contributed by atoms with Gasteiger partial charge in [-0.2, -0.15) is 0 Å². The largest absolute Gasteiger partial charge is 0.330 e. The third-order valence-corrected chi connectivity index (χ3v) is 4.67. The Morgan fingerprint density at radius 3 is 2.86 bits per heavy atom. The molecule has 1 aliphatic rings. The van der Waals surface area contributed by atoms with E-state index in [1.54, 1.807) is 11.3 Å². The minimum absolute atomic E-state index is 0.730. The Morgan fingerprint density at radius 1 is 1.43 bits per heavy atom. The first-order valence-corrected chi connectivity index (χ1v) is 6.49. The van der Waals surface area contributed by atoms with Gasteiger partial charge < -0.3 is 5.73 Å². The summed E-state index contributed by atoms with van der Waals surface area (Å²) in [4.78, 5) is 1.34. The van der Waals surface area contributed by atoms with E-state index in [1.807, 2.05) is 6.07 Å². The van der Waals surface area contributed by atoms with Crippen LogP contribution in [0.2, 0.25) is 5.02 Å². The normalized spacial score (nSPS) is 27.0. The van der Waals surface area contributed by atoms with Crippen LogP contribution in [0.4, 0.5) is 0 Å². The summed E-state index contributed by atoms with van der Waals surface area (Å²) < 4.78 is 0. The van der Waals surface area contributed by atoms with Gasteiger partial charge in [-0.3, -0.25) is 0 Å². The van der Waals surface area contributed by atoms with Gasteiger partial charge in [0.15, 0.2) is 0 Å². The van der Waals surface area contributed by atoms with E-state index in [9.17, 15) is 0 Å². The van der Waals surface area contributed by atoms with Crippen molar-refractivity contribution in [3.05, 3.63) is 21.3 Å². The zero-order valence-corrected chi connectivity index (χ0v) is 9.78. The first-order chi connectivity index (χ1) is 6.81. The first kappa shape index (κ1) is 10.5. The number of hydrogen-bond acceptors (Lipinski definition) is 2. The van der Waals surface area contributed by atoms with E-state index >= 15 is 0 Å². The standard InChI is InChI=1S/C11H16ClNS/c12-10-4-5-14-11(10)6-8-2-1-3-9(8)7-13/h4-5,8-9H,1-3,6-7,13H2. The molecule has 1 aliphatic carbocycles. The molecule has 14 heavy (non-hydrogen) atoms. The molecule has 2 unspecified atom stereocenters. The molecule has 1 fully saturated rings. The van der Waals surface area contributed by atoms with Crippen molar-refractivity contribution in [3.63, 3.8) is 0 Å². The van der Waals surface area contributed by atoms with Crippen molar-refractivity contribution < 1.29 is 0 Å². The summed E-state index contributed by atoms with van der Waals surface area (Å²) in [6.07, 6.45) is 5.12. The average molecular weight is 230 g/mol. The van der Waals surface area contributed by atoms with Crippen LogP contribution in [0.1, 0.15) is 24.1 Å². The zero-order chi connectivity index (χ0) is 9.97. The Morgan fingerprint density at radius 2 is 2.21 bits per heavy atom. The minimum Gasteiger partial charge on any atom is -0.330 e.